The van der Waals surface area contributed by atoms with Gasteiger partial charge in [-0.3, -0.25) is 4.68 Å². The van der Waals surface area contributed by atoms with E-state index in [1.54, 1.807) is 4.68 Å². The standard InChI is InChI=1S/C13H18N4O/c1-17-13(15-12(16-17)7-9-14)8-10-18-11-5-3-2-4-6-11/h2-6H,7-10,14H2,1H3. The molecule has 0 amide bonds. The van der Waals surface area contributed by atoms with Crippen molar-refractivity contribution in [3.63, 3.8) is 0 Å². The van der Waals surface area contributed by atoms with E-state index in [2.05, 4.69) is 10.1 Å². The highest BCUT2D eigenvalue weighted by Gasteiger charge is 2.06. The smallest absolute Gasteiger partial charge is 0.152 e. The van der Waals surface area contributed by atoms with Gasteiger partial charge in [0.25, 0.3) is 0 Å². The number of aromatic nitrogens is 3. The fourth-order valence-corrected chi connectivity index (χ4v) is 1.70. The first kappa shape index (κ1) is 12.6. The van der Waals surface area contributed by atoms with Crippen molar-refractivity contribution >= 4 is 0 Å². The minimum Gasteiger partial charge on any atom is -0.493 e. The molecule has 18 heavy (non-hydrogen) atoms. The molecule has 0 radical (unpaired) electrons. The molecule has 0 saturated carbocycles. The number of aryl methyl sites for hydroxylation is 1. The fraction of sp³-hybridized carbons (Fsp3) is 0.385. The molecule has 5 nitrogen and oxygen atoms in total. The Morgan fingerprint density at radius 3 is 2.72 bits per heavy atom. The molecular weight excluding hydrogens is 228 g/mol. The van der Waals surface area contributed by atoms with Crippen molar-refractivity contribution in [1.29, 1.82) is 0 Å². The normalized spacial score (nSPS) is 10.6. The second kappa shape index (κ2) is 6.16. The number of hydrogen-bond acceptors (Lipinski definition) is 4. The van der Waals surface area contributed by atoms with E-state index in [-0.39, 0.29) is 0 Å². The largest absolute Gasteiger partial charge is 0.493 e. The zero-order valence-corrected chi connectivity index (χ0v) is 10.5. The Morgan fingerprint density at radius 2 is 2.00 bits per heavy atom. The molecule has 0 fully saturated rings. The molecular formula is C13H18N4O. The molecule has 1 aromatic carbocycles. The summed E-state index contributed by atoms with van der Waals surface area (Å²) in [5.41, 5.74) is 5.48. The zero-order valence-electron chi connectivity index (χ0n) is 10.5. The van der Waals surface area contributed by atoms with Crippen molar-refractivity contribution < 1.29 is 4.74 Å². The number of nitrogens with zero attached hydrogens (tertiary/aromatic N) is 3. The third kappa shape index (κ3) is 3.30. The Labute approximate surface area is 107 Å². The van der Waals surface area contributed by atoms with Gasteiger partial charge in [0, 0.05) is 19.9 Å². The maximum atomic E-state index is 5.63. The molecule has 0 aliphatic heterocycles. The summed E-state index contributed by atoms with van der Waals surface area (Å²) in [6, 6.07) is 9.76. The van der Waals surface area contributed by atoms with Gasteiger partial charge in [0.1, 0.15) is 11.6 Å². The average Bonchev–Trinajstić information content (AvgIpc) is 2.72. The molecule has 0 saturated heterocycles. The second-order valence-electron chi connectivity index (χ2n) is 4.02. The molecule has 0 aliphatic rings. The average molecular weight is 246 g/mol. The molecule has 0 aliphatic carbocycles. The topological polar surface area (TPSA) is 66.0 Å². The summed E-state index contributed by atoms with van der Waals surface area (Å²) in [7, 11) is 1.89. The summed E-state index contributed by atoms with van der Waals surface area (Å²) in [4.78, 5) is 4.42. The van der Waals surface area contributed by atoms with Crippen molar-refractivity contribution in [3.05, 3.63) is 42.0 Å². The van der Waals surface area contributed by atoms with E-state index in [1.807, 2.05) is 37.4 Å². The van der Waals surface area contributed by atoms with Crippen LogP contribution in [0.5, 0.6) is 5.75 Å². The van der Waals surface area contributed by atoms with E-state index in [1.165, 1.54) is 0 Å². The summed E-state index contributed by atoms with van der Waals surface area (Å²) >= 11 is 0. The van der Waals surface area contributed by atoms with Crippen LogP contribution in [0.25, 0.3) is 0 Å². The van der Waals surface area contributed by atoms with Crippen LogP contribution in [0.4, 0.5) is 0 Å². The maximum Gasteiger partial charge on any atom is 0.152 e. The molecule has 0 spiro atoms. The summed E-state index contributed by atoms with van der Waals surface area (Å²) in [5, 5.41) is 4.30. The van der Waals surface area contributed by atoms with Crippen LogP contribution in [0.15, 0.2) is 30.3 Å². The molecule has 0 bridgehead atoms. The maximum absolute atomic E-state index is 5.63. The van der Waals surface area contributed by atoms with Gasteiger partial charge in [0.05, 0.1) is 6.61 Å². The first-order chi connectivity index (χ1) is 8.79. The third-order valence-electron chi connectivity index (χ3n) is 2.60. The second-order valence-corrected chi connectivity index (χ2v) is 4.02. The van der Waals surface area contributed by atoms with Crippen LogP contribution in [-0.4, -0.2) is 27.9 Å². The van der Waals surface area contributed by atoms with E-state index in [9.17, 15) is 0 Å². The van der Waals surface area contributed by atoms with Crippen molar-refractivity contribution in [2.75, 3.05) is 13.2 Å². The lowest BCUT2D eigenvalue weighted by Crippen LogP contribution is -2.06. The Bertz CT molecular complexity index is 481. The van der Waals surface area contributed by atoms with Crippen molar-refractivity contribution in [2.24, 2.45) is 12.8 Å². The fourth-order valence-electron chi connectivity index (χ4n) is 1.70. The van der Waals surface area contributed by atoms with Crippen LogP contribution in [0.2, 0.25) is 0 Å². The predicted octanol–water partition coefficient (Wildman–Crippen LogP) is 0.938. The van der Waals surface area contributed by atoms with Crippen LogP contribution in [0, 0.1) is 0 Å². The van der Waals surface area contributed by atoms with Gasteiger partial charge in [-0.1, -0.05) is 18.2 Å². The van der Waals surface area contributed by atoms with Gasteiger partial charge in [0.2, 0.25) is 0 Å². The van der Waals surface area contributed by atoms with E-state index in [4.69, 9.17) is 10.5 Å². The quantitative estimate of drug-likeness (QED) is 0.823. The van der Waals surface area contributed by atoms with E-state index < -0.39 is 0 Å². The lowest BCUT2D eigenvalue weighted by molar-refractivity contribution is 0.317. The number of ether oxygens (including phenoxy) is 1. The highest BCUT2D eigenvalue weighted by molar-refractivity contribution is 5.20. The van der Waals surface area contributed by atoms with Gasteiger partial charge >= 0.3 is 0 Å². The van der Waals surface area contributed by atoms with Crippen LogP contribution in [0.3, 0.4) is 0 Å². The van der Waals surface area contributed by atoms with Gasteiger partial charge in [0.15, 0.2) is 5.82 Å². The molecule has 1 heterocycles. The van der Waals surface area contributed by atoms with Crippen molar-refractivity contribution in [3.8, 4) is 5.75 Å². The van der Waals surface area contributed by atoms with Gasteiger partial charge in [-0.25, -0.2) is 4.98 Å². The molecule has 0 unspecified atom stereocenters. The van der Waals surface area contributed by atoms with Gasteiger partial charge in [-0.15, -0.1) is 0 Å². The number of nitrogens with two attached hydrogens (primary N) is 1. The predicted molar refractivity (Wildman–Crippen MR) is 69.4 cm³/mol. The highest BCUT2D eigenvalue weighted by Crippen LogP contribution is 2.08. The Hall–Kier alpha value is -1.88. The van der Waals surface area contributed by atoms with Crippen LogP contribution in [-0.2, 0) is 19.9 Å². The summed E-state index contributed by atoms with van der Waals surface area (Å²) in [5.74, 6) is 2.60. The third-order valence-corrected chi connectivity index (χ3v) is 2.60. The molecule has 1 aromatic heterocycles. The Morgan fingerprint density at radius 1 is 1.22 bits per heavy atom. The number of hydrogen-bond donors (Lipinski definition) is 1. The highest BCUT2D eigenvalue weighted by atomic mass is 16.5. The van der Waals surface area contributed by atoms with Crippen molar-refractivity contribution in [1.82, 2.24) is 14.8 Å². The van der Waals surface area contributed by atoms with Gasteiger partial charge in [-0.2, -0.15) is 5.10 Å². The SMILES string of the molecule is Cn1nc(CCN)nc1CCOc1ccccc1. The summed E-state index contributed by atoms with van der Waals surface area (Å²) < 4.78 is 7.42. The summed E-state index contributed by atoms with van der Waals surface area (Å²) in [6.45, 7) is 1.17. The molecule has 96 valence electrons. The van der Waals surface area contributed by atoms with Crippen LogP contribution in [0.1, 0.15) is 11.6 Å². The minimum atomic E-state index is 0.573. The molecule has 2 N–H and O–H groups in total. The van der Waals surface area contributed by atoms with E-state index >= 15 is 0 Å². The van der Waals surface area contributed by atoms with Crippen LogP contribution < -0.4 is 10.5 Å². The molecule has 2 rings (SSSR count). The van der Waals surface area contributed by atoms with Gasteiger partial charge in [-0.05, 0) is 18.7 Å². The zero-order chi connectivity index (χ0) is 12.8. The van der Waals surface area contributed by atoms with E-state index in [0.29, 0.717) is 19.6 Å². The van der Waals surface area contributed by atoms with Gasteiger partial charge < -0.3 is 10.5 Å². The first-order valence-corrected chi connectivity index (χ1v) is 6.06. The number of benzene rings is 1. The Balaban J connectivity index is 1.86. The molecule has 0 atom stereocenters. The Kier molecular flexibility index (Phi) is 4.30. The minimum absolute atomic E-state index is 0.573. The lowest BCUT2D eigenvalue weighted by Gasteiger charge is -2.04. The summed E-state index contributed by atoms with van der Waals surface area (Å²) in [6.07, 6.45) is 1.45. The molecule has 2 aromatic rings. The number of para-hydroxylation sites is 1. The van der Waals surface area contributed by atoms with Crippen molar-refractivity contribution in [2.45, 2.75) is 12.8 Å². The monoisotopic (exact) mass is 246 g/mol. The van der Waals surface area contributed by atoms with E-state index in [0.717, 1.165) is 23.8 Å². The van der Waals surface area contributed by atoms with Crippen LogP contribution >= 0.6 is 0 Å². The molecule has 5 heteroatoms. The first-order valence-electron chi connectivity index (χ1n) is 6.06. The lowest BCUT2D eigenvalue weighted by atomic mass is 10.3. The number of rotatable bonds is 6.